The number of nitrogens with zero attached hydrogens (tertiary/aromatic N) is 1. The second kappa shape index (κ2) is 6.10. The normalized spacial score (nSPS) is 10.8. The molecule has 0 fully saturated rings. The average Bonchev–Trinajstić information content (AvgIpc) is 2.97. The number of anilines is 2. The van der Waals surface area contributed by atoms with Crippen LogP contribution in [-0.4, -0.2) is 4.98 Å². The van der Waals surface area contributed by atoms with Crippen LogP contribution in [0, 0.1) is 0 Å². The van der Waals surface area contributed by atoms with E-state index in [1.807, 2.05) is 30.3 Å². The molecule has 3 heteroatoms. The summed E-state index contributed by atoms with van der Waals surface area (Å²) in [7, 11) is 0. The van der Waals surface area contributed by atoms with Crippen LogP contribution in [0.4, 0.5) is 10.8 Å². The van der Waals surface area contributed by atoms with Crippen molar-refractivity contribution in [2.45, 2.75) is 19.8 Å². The Hall–Kier alpha value is -2.13. The fourth-order valence-corrected chi connectivity index (χ4v) is 2.89. The smallest absolute Gasteiger partial charge is 0.187 e. The number of nitrogens with one attached hydrogen (secondary N) is 1. The van der Waals surface area contributed by atoms with Crippen LogP contribution in [0.1, 0.15) is 25.3 Å². The van der Waals surface area contributed by atoms with Gasteiger partial charge in [-0.25, -0.2) is 4.98 Å². The van der Waals surface area contributed by atoms with E-state index < -0.39 is 0 Å². The SMILES string of the molecule is CC(C)c1ccc(-c2csc(Nc3ccccc3)n2)cc1. The van der Waals surface area contributed by atoms with Crippen LogP contribution in [0.5, 0.6) is 0 Å². The van der Waals surface area contributed by atoms with E-state index in [1.54, 1.807) is 11.3 Å². The first-order chi connectivity index (χ1) is 10.2. The van der Waals surface area contributed by atoms with Gasteiger partial charge in [-0.2, -0.15) is 0 Å². The Morgan fingerprint density at radius 2 is 1.67 bits per heavy atom. The molecule has 0 aliphatic heterocycles. The van der Waals surface area contributed by atoms with Crippen molar-refractivity contribution in [3.05, 3.63) is 65.5 Å². The summed E-state index contributed by atoms with van der Waals surface area (Å²) >= 11 is 1.63. The molecule has 0 unspecified atom stereocenters. The van der Waals surface area contributed by atoms with Gasteiger partial charge in [0.15, 0.2) is 5.13 Å². The lowest BCUT2D eigenvalue weighted by Gasteiger charge is -2.05. The molecule has 0 saturated heterocycles. The monoisotopic (exact) mass is 294 g/mol. The van der Waals surface area contributed by atoms with E-state index in [0.717, 1.165) is 22.1 Å². The standard InChI is InChI=1S/C18H18N2S/c1-13(2)14-8-10-15(11-9-14)17-12-21-18(20-17)19-16-6-4-3-5-7-16/h3-13H,1-2H3,(H,19,20). The van der Waals surface area contributed by atoms with E-state index in [-0.39, 0.29) is 0 Å². The van der Waals surface area contributed by atoms with Crippen LogP contribution in [0.2, 0.25) is 0 Å². The first-order valence-corrected chi connectivity index (χ1v) is 7.98. The van der Waals surface area contributed by atoms with E-state index in [0.29, 0.717) is 5.92 Å². The molecular weight excluding hydrogens is 276 g/mol. The molecule has 0 radical (unpaired) electrons. The van der Waals surface area contributed by atoms with Gasteiger partial charge < -0.3 is 5.32 Å². The largest absolute Gasteiger partial charge is 0.332 e. The van der Waals surface area contributed by atoms with Crippen LogP contribution in [0.15, 0.2) is 60.0 Å². The molecule has 0 aliphatic rings. The zero-order chi connectivity index (χ0) is 14.7. The fraction of sp³-hybridized carbons (Fsp3) is 0.167. The van der Waals surface area contributed by atoms with Gasteiger partial charge in [-0.05, 0) is 23.6 Å². The topological polar surface area (TPSA) is 24.9 Å². The third kappa shape index (κ3) is 3.31. The van der Waals surface area contributed by atoms with Gasteiger partial charge in [0.05, 0.1) is 5.69 Å². The summed E-state index contributed by atoms with van der Waals surface area (Å²) in [6.45, 7) is 4.42. The third-order valence-corrected chi connectivity index (χ3v) is 4.16. The third-order valence-electron chi connectivity index (χ3n) is 3.40. The predicted molar refractivity (Wildman–Crippen MR) is 91.4 cm³/mol. The molecule has 3 aromatic rings. The highest BCUT2D eigenvalue weighted by Gasteiger charge is 2.06. The Balaban J connectivity index is 1.78. The first kappa shape index (κ1) is 13.8. The molecule has 2 nitrogen and oxygen atoms in total. The molecular formula is C18H18N2S. The molecule has 0 atom stereocenters. The maximum atomic E-state index is 4.66. The Morgan fingerprint density at radius 3 is 2.33 bits per heavy atom. The van der Waals surface area contributed by atoms with Crippen molar-refractivity contribution in [3.8, 4) is 11.3 Å². The van der Waals surface area contributed by atoms with Crippen molar-refractivity contribution in [1.29, 1.82) is 0 Å². The summed E-state index contributed by atoms with van der Waals surface area (Å²) in [5.74, 6) is 0.560. The Morgan fingerprint density at radius 1 is 0.952 bits per heavy atom. The van der Waals surface area contributed by atoms with Crippen molar-refractivity contribution in [3.63, 3.8) is 0 Å². The lowest BCUT2D eigenvalue weighted by atomic mass is 10.0. The minimum atomic E-state index is 0.560. The quantitative estimate of drug-likeness (QED) is 0.670. The molecule has 3 rings (SSSR count). The van der Waals surface area contributed by atoms with E-state index >= 15 is 0 Å². The number of rotatable bonds is 4. The number of aromatic nitrogens is 1. The molecule has 1 aromatic heterocycles. The highest BCUT2D eigenvalue weighted by molar-refractivity contribution is 7.14. The predicted octanol–water partition coefficient (Wildman–Crippen LogP) is 5.68. The summed E-state index contributed by atoms with van der Waals surface area (Å²) < 4.78 is 0. The first-order valence-electron chi connectivity index (χ1n) is 7.10. The lowest BCUT2D eigenvalue weighted by molar-refractivity contribution is 0.867. The van der Waals surface area contributed by atoms with Gasteiger partial charge in [0, 0.05) is 16.6 Å². The van der Waals surface area contributed by atoms with E-state index in [1.165, 1.54) is 5.56 Å². The van der Waals surface area contributed by atoms with Crippen LogP contribution < -0.4 is 5.32 Å². The van der Waals surface area contributed by atoms with Gasteiger partial charge >= 0.3 is 0 Å². The summed E-state index contributed by atoms with van der Waals surface area (Å²) in [6, 6.07) is 18.8. The van der Waals surface area contributed by atoms with E-state index in [4.69, 9.17) is 0 Å². The number of hydrogen-bond acceptors (Lipinski definition) is 3. The Labute approximate surface area is 129 Å². The number of para-hydroxylation sites is 1. The van der Waals surface area contributed by atoms with Crippen molar-refractivity contribution in [1.82, 2.24) is 4.98 Å². The highest BCUT2D eigenvalue weighted by Crippen LogP contribution is 2.28. The molecule has 106 valence electrons. The van der Waals surface area contributed by atoms with Gasteiger partial charge in [-0.1, -0.05) is 56.3 Å². The molecule has 0 spiro atoms. The number of hydrogen-bond donors (Lipinski definition) is 1. The lowest BCUT2D eigenvalue weighted by Crippen LogP contribution is -1.89. The molecule has 0 saturated carbocycles. The summed E-state index contributed by atoms with van der Waals surface area (Å²) in [5.41, 5.74) is 4.61. The van der Waals surface area contributed by atoms with Crippen LogP contribution >= 0.6 is 11.3 Å². The zero-order valence-electron chi connectivity index (χ0n) is 12.2. The summed E-state index contributed by atoms with van der Waals surface area (Å²) in [5, 5.41) is 6.34. The van der Waals surface area contributed by atoms with Gasteiger partial charge in [0.2, 0.25) is 0 Å². The van der Waals surface area contributed by atoms with Crippen molar-refractivity contribution >= 4 is 22.2 Å². The van der Waals surface area contributed by atoms with E-state index in [9.17, 15) is 0 Å². The molecule has 0 aliphatic carbocycles. The minimum Gasteiger partial charge on any atom is -0.332 e. The van der Waals surface area contributed by atoms with Crippen molar-refractivity contribution < 1.29 is 0 Å². The molecule has 21 heavy (non-hydrogen) atoms. The van der Waals surface area contributed by atoms with Crippen LogP contribution in [0.25, 0.3) is 11.3 Å². The Kier molecular flexibility index (Phi) is 4.02. The summed E-state index contributed by atoms with van der Waals surface area (Å²) in [6.07, 6.45) is 0. The second-order valence-electron chi connectivity index (χ2n) is 5.31. The molecule has 2 aromatic carbocycles. The number of thiazole rings is 1. The van der Waals surface area contributed by atoms with Crippen LogP contribution in [-0.2, 0) is 0 Å². The average molecular weight is 294 g/mol. The molecule has 1 heterocycles. The minimum absolute atomic E-state index is 0.560. The van der Waals surface area contributed by atoms with E-state index in [2.05, 4.69) is 53.8 Å². The van der Waals surface area contributed by atoms with Gasteiger partial charge in [0.25, 0.3) is 0 Å². The zero-order valence-corrected chi connectivity index (χ0v) is 13.0. The molecule has 0 bridgehead atoms. The van der Waals surface area contributed by atoms with Crippen molar-refractivity contribution in [2.24, 2.45) is 0 Å². The fourth-order valence-electron chi connectivity index (χ4n) is 2.15. The molecule has 1 N–H and O–H groups in total. The van der Waals surface area contributed by atoms with Gasteiger partial charge in [0.1, 0.15) is 0 Å². The van der Waals surface area contributed by atoms with Crippen molar-refractivity contribution in [2.75, 3.05) is 5.32 Å². The maximum absolute atomic E-state index is 4.66. The van der Waals surface area contributed by atoms with Gasteiger partial charge in [-0.3, -0.25) is 0 Å². The highest BCUT2D eigenvalue weighted by atomic mass is 32.1. The second-order valence-corrected chi connectivity index (χ2v) is 6.16. The molecule has 0 amide bonds. The van der Waals surface area contributed by atoms with Gasteiger partial charge in [-0.15, -0.1) is 11.3 Å². The van der Waals surface area contributed by atoms with Crippen LogP contribution in [0.3, 0.4) is 0 Å². The maximum Gasteiger partial charge on any atom is 0.187 e. The summed E-state index contributed by atoms with van der Waals surface area (Å²) in [4.78, 5) is 4.66. The Bertz CT molecular complexity index is 700. The number of benzene rings is 2.